The lowest BCUT2D eigenvalue weighted by Gasteiger charge is -2.08. The van der Waals surface area contributed by atoms with Crippen LogP contribution in [0.3, 0.4) is 0 Å². The van der Waals surface area contributed by atoms with Crippen molar-refractivity contribution in [2.75, 3.05) is 0 Å². The first-order chi connectivity index (χ1) is 6.06. The van der Waals surface area contributed by atoms with Crippen LogP contribution in [0.5, 0.6) is 0 Å². The van der Waals surface area contributed by atoms with Crippen LogP contribution in [0.1, 0.15) is 43.1 Å². The zero-order valence-corrected chi connectivity index (χ0v) is 8.11. The van der Waals surface area contributed by atoms with E-state index >= 15 is 0 Å². The molecule has 1 heterocycles. The number of hydrogen-bond acceptors (Lipinski definition) is 2. The summed E-state index contributed by atoms with van der Waals surface area (Å²) in [5.74, 6) is -0.138. The normalized spacial score (nSPS) is 10.8. The minimum absolute atomic E-state index is 0.130. The molecule has 1 aromatic heterocycles. The van der Waals surface area contributed by atoms with Gasteiger partial charge in [0, 0.05) is 18.7 Å². The summed E-state index contributed by atoms with van der Waals surface area (Å²) >= 11 is 0. The molecular weight excluding hydrogens is 168 g/mol. The molecule has 0 radical (unpaired) electrons. The third-order valence-corrected chi connectivity index (χ3v) is 1.90. The highest BCUT2D eigenvalue weighted by molar-refractivity contribution is 5.85. The quantitative estimate of drug-likeness (QED) is 0.774. The number of rotatable bonds is 3. The van der Waals surface area contributed by atoms with Gasteiger partial charge < -0.3 is 9.67 Å². The van der Waals surface area contributed by atoms with Gasteiger partial charge in [0.2, 0.25) is 0 Å². The molecule has 1 aromatic rings. The molecule has 0 aromatic carbocycles. The molecule has 13 heavy (non-hydrogen) atoms. The van der Waals surface area contributed by atoms with Gasteiger partial charge in [-0.2, -0.15) is 0 Å². The number of aryl methyl sites for hydroxylation is 1. The van der Waals surface area contributed by atoms with Gasteiger partial charge in [0.1, 0.15) is 5.82 Å². The van der Waals surface area contributed by atoms with E-state index in [0.717, 1.165) is 12.2 Å². The third kappa shape index (κ3) is 1.88. The molecule has 4 nitrogen and oxygen atoms in total. The van der Waals surface area contributed by atoms with E-state index in [1.165, 1.54) is 0 Å². The molecule has 0 saturated heterocycles. The zero-order valence-electron chi connectivity index (χ0n) is 8.11. The second kappa shape index (κ2) is 3.60. The average Bonchev–Trinajstić information content (AvgIpc) is 2.47. The van der Waals surface area contributed by atoms with Gasteiger partial charge in [-0.25, -0.2) is 9.78 Å². The number of imidazole rings is 1. The van der Waals surface area contributed by atoms with Crippen LogP contribution in [0.4, 0.5) is 0 Å². The van der Waals surface area contributed by atoms with Crippen molar-refractivity contribution in [1.29, 1.82) is 0 Å². The lowest BCUT2D eigenvalue weighted by molar-refractivity contribution is 0.0691. The molecule has 0 saturated carbocycles. The second-order valence-electron chi connectivity index (χ2n) is 3.20. The van der Waals surface area contributed by atoms with E-state index in [1.54, 1.807) is 6.20 Å². The molecule has 4 heteroatoms. The summed E-state index contributed by atoms with van der Waals surface area (Å²) < 4.78 is 1.89. The second-order valence-corrected chi connectivity index (χ2v) is 3.20. The van der Waals surface area contributed by atoms with Gasteiger partial charge in [-0.3, -0.25) is 0 Å². The lowest BCUT2D eigenvalue weighted by Crippen LogP contribution is -2.03. The molecule has 0 spiro atoms. The van der Waals surface area contributed by atoms with Crippen LogP contribution in [0.2, 0.25) is 0 Å². The monoisotopic (exact) mass is 182 g/mol. The topological polar surface area (TPSA) is 55.1 Å². The fraction of sp³-hybridized carbons (Fsp3) is 0.556. The van der Waals surface area contributed by atoms with Gasteiger partial charge in [-0.05, 0) is 13.8 Å². The van der Waals surface area contributed by atoms with Crippen LogP contribution in [0.15, 0.2) is 6.20 Å². The van der Waals surface area contributed by atoms with Crippen molar-refractivity contribution in [3.63, 3.8) is 0 Å². The molecule has 0 unspecified atom stereocenters. The summed E-state index contributed by atoms with van der Waals surface area (Å²) in [5, 5.41) is 8.72. The smallest absolute Gasteiger partial charge is 0.356 e. The Morgan fingerprint density at radius 1 is 1.69 bits per heavy atom. The number of nitrogens with zero attached hydrogens (tertiary/aromatic N) is 2. The van der Waals surface area contributed by atoms with Gasteiger partial charge in [-0.15, -0.1) is 0 Å². The van der Waals surface area contributed by atoms with Crippen molar-refractivity contribution in [2.24, 2.45) is 0 Å². The maximum atomic E-state index is 10.6. The van der Waals surface area contributed by atoms with Gasteiger partial charge in [0.25, 0.3) is 0 Å². The maximum Gasteiger partial charge on any atom is 0.356 e. The minimum Gasteiger partial charge on any atom is -0.476 e. The van der Waals surface area contributed by atoms with Crippen molar-refractivity contribution < 1.29 is 9.90 Å². The van der Waals surface area contributed by atoms with Gasteiger partial charge >= 0.3 is 5.97 Å². The van der Waals surface area contributed by atoms with E-state index in [0.29, 0.717) is 0 Å². The van der Waals surface area contributed by atoms with Crippen LogP contribution < -0.4 is 0 Å². The highest BCUT2D eigenvalue weighted by atomic mass is 16.4. The van der Waals surface area contributed by atoms with E-state index in [4.69, 9.17) is 5.11 Å². The summed E-state index contributed by atoms with van der Waals surface area (Å²) in [7, 11) is 0. The standard InChI is InChI=1S/C9H14N2O2/c1-4-8-10-7(9(12)13)5-11(8)6(2)3/h5-6H,4H2,1-3H3,(H,12,13). The van der Waals surface area contributed by atoms with Crippen molar-refractivity contribution in [3.8, 4) is 0 Å². The summed E-state index contributed by atoms with van der Waals surface area (Å²) in [5.41, 5.74) is 0.130. The number of hydrogen-bond donors (Lipinski definition) is 1. The molecule has 0 aliphatic carbocycles. The van der Waals surface area contributed by atoms with E-state index in [-0.39, 0.29) is 11.7 Å². The molecular formula is C9H14N2O2. The predicted molar refractivity (Wildman–Crippen MR) is 48.9 cm³/mol. The van der Waals surface area contributed by atoms with E-state index in [1.807, 2.05) is 25.3 Å². The van der Waals surface area contributed by atoms with Crippen LogP contribution >= 0.6 is 0 Å². The average molecular weight is 182 g/mol. The van der Waals surface area contributed by atoms with E-state index < -0.39 is 5.97 Å². The number of carboxylic acids is 1. The molecule has 0 amide bonds. The lowest BCUT2D eigenvalue weighted by atomic mass is 10.3. The van der Waals surface area contributed by atoms with Crippen LogP contribution in [-0.4, -0.2) is 20.6 Å². The summed E-state index contributed by atoms with van der Waals surface area (Å²) in [6.45, 7) is 5.98. The predicted octanol–water partition coefficient (Wildman–Crippen LogP) is 1.72. The first-order valence-electron chi connectivity index (χ1n) is 4.37. The number of aromatic carboxylic acids is 1. The number of carboxylic acid groups (broad SMARTS) is 1. The summed E-state index contributed by atoms with van der Waals surface area (Å²) in [6.07, 6.45) is 2.34. The first-order valence-corrected chi connectivity index (χ1v) is 4.37. The minimum atomic E-state index is -0.964. The third-order valence-electron chi connectivity index (χ3n) is 1.90. The maximum absolute atomic E-state index is 10.6. The Hall–Kier alpha value is -1.32. The highest BCUT2D eigenvalue weighted by Gasteiger charge is 2.12. The Morgan fingerprint density at radius 2 is 2.31 bits per heavy atom. The fourth-order valence-corrected chi connectivity index (χ4v) is 1.24. The summed E-state index contributed by atoms with van der Waals surface area (Å²) in [4.78, 5) is 14.6. The first kappa shape index (κ1) is 9.77. The van der Waals surface area contributed by atoms with Crippen molar-refractivity contribution in [2.45, 2.75) is 33.2 Å². The van der Waals surface area contributed by atoms with Crippen LogP contribution in [0, 0.1) is 0 Å². The molecule has 0 aliphatic rings. The molecule has 0 aliphatic heterocycles. The Balaban J connectivity index is 3.11. The fourth-order valence-electron chi connectivity index (χ4n) is 1.24. The molecule has 1 N–H and O–H groups in total. The Morgan fingerprint density at radius 3 is 2.62 bits per heavy atom. The van der Waals surface area contributed by atoms with Crippen molar-refractivity contribution in [3.05, 3.63) is 17.7 Å². The zero-order chi connectivity index (χ0) is 10.0. The Bertz CT molecular complexity index is 315. The molecule has 1 rings (SSSR count). The Labute approximate surface area is 77.2 Å². The summed E-state index contributed by atoms with van der Waals surface area (Å²) in [6, 6.07) is 0.260. The van der Waals surface area contributed by atoms with Crippen LogP contribution in [0.25, 0.3) is 0 Å². The van der Waals surface area contributed by atoms with Crippen LogP contribution in [-0.2, 0) is 6.42 Å². The van der Waals surface area contributed by atoms with Gasteiger partial charge in [-0.1, -0.05) is 6.92 Å². The molecule has 0 atom stereocenters. The van der Waals surface area contributed by atoms with Gasteiger partial charge in [0.05, 0.1) is 0 Å². The van der Waals surface area contributed by atoms with E-state index in [9.17, 15) is 4.79 Å². The van der Waals surface area contributed by atoms with Crippen molar-refractivity contribution in [1.82, 2.24) is 9.55 Å². The highest BCUT2D eigenvalue weighted by Crippen LogP contribution is 2.11. The molecule has 72 valence electrons. The number of carbonyl (C=O) groups is 1. The largest absolute Gasteiger partial charge is 0.476 e. The van der Waals surface area contributed by atoms with E-state index in [2.05, 4.69) is 4.98 Å². The Kier molecular flexibility index (Phi) is 2.70. The molecule has 0 bridgehead atoms. The number of aromatic nitrogens is 2. The molecule has 0 fully saturated rings. The SMILES string of the molecule is CCc1nc(C(=O)O)cn1C(C)C. The van der Waals surface area contributed by atoms with Gasteiger partial charge in [0.15, 0.2) is 5.69 Å². The van der Waals surface area contributed by atoms with Crippen molar-refractivity contribution >= 4 is 5.97 Å².